The van der Waals surface area contributed by atoms with Crippen molar-refractivity contribution in [3.05, 3.63) is 59.7 Å². The molecule has 1 saturated carbocycles. The van der Waals surface area contributed by atoms with E-state index in [1.165, 1.54) is 20.3 Å². The molecule has 2 unspecified atom stereocenters. The maximum Gasteiger partial charge on any atom is 0.339 e. The molecule has 150 valence electrons. The molecular formula is C21H20N2O6. The number of ether oxygens (including phenoxy) is 2. The molecule has 1 aliphatic rings. The summed E-state index contributed by atoms with van der Waals surface area (Å²) in [4.78, 5) is 48.3. The van der Waals surface area contributed by atoms with Gasteiger partial charge >= 0.3 is 11.9 Å². The SMILES string of the molecule is COC(=O)c1cccc(NC(=O)C2CC2C(=O)Nc2ccccc2C(=O)OC)c1. The highest BCUT2D eigenvalue weighted by Crippen LogP contribution is 2.40. The second kappa shape index (κ2) is 8.55. The van der Waals surface area contributed by atoms with Gasteiger partial charge in [-0.3, -0.25) is 9.59 Å². The Kier molecular flexibility index (Phi) is 5.92. The Labute approximate surface area is 167 Å². The van der Waals surface area contributed by atoms with Crippen molar-refractivity contribution in [1.29, 1.82) is 0 Å². The van der Waals surface area contributed by atoms with Crippen molar-refractivity contribution < 1.29 is 28.7 Å². The molecule has 8 nitrogen and oxygen atoms in total. The molecule has 29 heavy (non-hydrogen) atoms. The monoisotopic (exact) mass is 396 g/mol. The van der Waals surface area contributed by atoms with E-state index in [0.717, 1.165) is 0 Å². The summed E-state index contributed by atoms with van der Waals surface area (Å²) in [6.07, 6.45) is 0.398. The van der Waals surface area contributed by atoms with E-state index in [0.29, 0.717) is 23.4 Å². The molecule has 2 amide bonds. The normalized spacial score (nSPS) is 17.0. The number of anilines is 2. The fourth-order valence-corrected chi connectivity index (χ4v) is 2.96. The van der Waals surface area contributed by atoms with Gasteiger partial charge in [0.25, 0.3) is 0 Å². The number of carbonyl (C=O) groups excluding carboxylic acids is 4. The van der Waals surface area contributed by atoms with Crippen molar-refractivity contribution in [3.8, 4) is 0 Å². The van der Waals surface area contributed by atoms with Crippen molar-refractivity contribution in [3.63, 3.8) is 0 Å². The van der Waals surface area contributed by atoms with Crippen LogP contribution < -0.4 is 10.6 Å². The lowest BCUT2D eigenvalue weighted by atomic mass is 10.1. The number of benzene rings is 2. The van der Waals surface area contributed by atoms with Gasteiger partial charge < -0.3 is 20.1 Å². The van der Waals surface area contributed by atoms with Crippen LogP contribution >= 0.6 is 0 Å². The molecule has 0 bridgehead atoms. The van der Waals surface area contributed by atoms with E-state index in [4.69, 9.17) is 4.74 Å². The molecule has 0 saturated heterocycles. The summed E-state index contributed by atoms with van der Waals surface area (Å²) in [5, 5.41) is 5.40. The molecule has 2 atom stereocenters. The summed E-state index contributed by atoms with van der Waals surface area (Å²) in [7, 11) is 2.54. The zero-order valence-electron chi connectivity index (χ0n) is 15.9. The molecule has 0 heterocycles. The van der Waals surface area contributed by atoms with Gasteiger partial charge in [0.15, 0.2) is 0 Å². The van der Waals surface area contributed by atoms with Crippen LogP contribution in [0.25, 0.3) is 0 Å². The van der Waals surface area contributed by atoms with E-state index in [1.54, 1.807) is 42.5 Å². The summed E-state index contributed by atoms with van der Waals surface area (Å²) in [6, 6.07) is 12.9. The minimum atomic E-state index is -0.559. The van der Waals surface area contributed by atoms with Crippen LogP contribution in [-0.2, 0) is 19.1 Å². The summed E-state index contributed by atoms with van der Waals surface area (Å²) < 4.78 is 9.37. The number of carbonyl (C=O) groups is 4. The topological polar surface area (TPSA) is 111 Å². The number of amides is 2. The maximum atomic E-state index is 12.5. The predicted molar refractivity (Wildman–Crippen MR) is 104 cm³/mol. The predicted octanol–water partition coefficient (Wildman–Crippen LogP) is 2.47. The molecular weight excluding hydrogens is 376 g/mol. The third-order valence-electron chi connectivity index (χ3n) is 4.61. The summed E-state index contributed by atoms with van der Waals surface area (Å²) in [6.45, 7) is 0. The molecule has 0 radical (unpaired) electrons. The van der Waals surface area contributed by atoms with Crippen molar-refractivity contribution in [2.75, 3.05) is 24.9 Å². The van der Waals surface area contributed by atoms with Gasteiger partial charge in [-0.25, -0.2) is 9.59 Å². The Morgan fingerprint density at radius 1 is 0.828 bits per heavy atom. The van der Waals surface area contributed by atoms with Crippen LogP contribution in [0.3, 0.4) is 0 Å². The van der Waals surface area contributed by atoms with Gasteiger partial charge in [0.2, 0.25) is 11.8 Å². The van der Waals surface area contributed by atoms with Crippen molar-refractivity contribution in [2.24, 2.45) is 11.8 Å². The highest BCUT2D eigenvalue weighted by molar-refractivity contribution is 6.06. The average molecular weight is 396 g/mol. The van der Waals surface area contributed by atoms with Crippen LogP contribution in [0.5, 0.6) is 0 Å². The Hall–Kier alpha value is -3.68. The molecule has 2 N–H and O–H groups in total. The fraction of sp³-hybridized carbons (Fsp3) is 0.238. The first-order chi connectivity index (χ1) is 13.9. The van der Waals surface area contributed by atoms with E-state index in [1.807, 2.05) is 0 Å². The minimum absolute atomic E-state index is 0.240. The highest BCUT2D eigenvalue weighted by Gasteiger charge is 2.48. The number of rotatable bonds is 6. The smallest absolute Gasteiger partial charge is 0.339 e. The lowest BCUT2D eigenvalue weighted by molar-refractivity contribution is -0.122. The quantitative estimate of drug-likeness (QED) is 0.726. The van der Waals surface area contributed by atoms with Crippen LogP contribution in [0.1, 0.15) is 27.1 Å². The van der Waals surface area contributed by atoms with E-state index in [-0.39, 0.29) is 17.4 Å². The molecule has 8 heteroatoms. The van der Waals surface area contributed by atoms with Crippen LogP contribution in [0.4, 0.5) is 11.4 Å². The first-order valence-electron chi connectivity index (χ1n) is 8.92. The minimum Gasteiger partial charge on any atom is -0.465 e. The molecule has 0 spiro atoms. The van der Waals surface area contributed by atoms with Gasteiger partial charge in [-0.1, -0.05) is 18.2 Å². The first-order valence-corrected chi connectivity index (χ1v) is 8.92. The second-order valence-corrected chi connectivity index (χ2v) is 6.54. The third kappa shape index (κ3) is 4.60. The van der Waals surface area contributed by atoms with Gasteiger partial charge in [-0.15, -0.1) is 0 Å². The number of esters is 2. The van der Waals surface area contributed by atoms with Gasteiger partial charge in [-0.05, 0) is 36.8 Å². The number of hydrogen-bond donors (Lipinski definition) is 2. The van der Waals surface area contributed by atoms with Gasteiger partial charge in [-0.2, -0.15) is 0 Å². The molecule has 1 fully saturated rings. The zero-order chi connectivity index (χ0) is 21.0. The lowest BCUT2D eigenvalue weighted by Gasteiger charge is -2.10. The standard InChI is InChI=1S/C21H20N2O6/c1-28-20(26)12-6-5-7-13(10-12)22-18(24)15-11-16(15)19(25)23-17-9-4-3-8-14(17)21(27)29-2/h3-10,15-16H,11H2,1-2H3,(H,22,24)(H,23,25). The largest absolute Gasteiger partial charge is 0.465 e. The van der Waals surface area contributed by atoms with Crippen LogP contribution in [-0.4, -0.2) is 38.0 Å². The van der Waals surface area contributed by atoms with Gasteiger partial charge in [0, 0.05) is 5.69 Å². The van der Waals surface area contributed by atoms with E-state index < -0.39 is 23.8 Å². The van der Waals surface area contributed by atoms with Gasteiger partial charge in [0.05, 0.1) is 42.9 Å². The fourth-order valence-electron chi connectivity index (χ4n) is 2.96. The van der Waals surface area contributed by atoms with Gasteiger partial charge in [0.1, 0.15) is 0 Å². The molecule has 1 aliphatic carbocycles. The molecule has 3 rings (SSSR count). The number of nitrogens with one attached hydrogen (secondary N) is 2. The van der Waals surface area contributed by atoms with Crippen LogP contribution in [0.15, 0.2) is 48.5 Å². The molecule has 0 aliphatic heterocycles. The number of para-hydroxylation sites is 1. The third-order valence-corrected chi connectivity index (χ3v) is 4.61. The number of methoxy groups -OCH3 is 2. The summed E-state index contributed by atoms with van der Waals surface area (Å²) >= 11 is 0. The maximum absolute atomic E-state index is 12.5. The Morgan fingerprint density at radius 2 is 1.48 bits per heavy atom. The second-order valence-electron chi connectivity index (χ2n) is 6.54. The highest BCUT2D eigenvalue weighted by atomic mass is 16.5. The number of hydrogen-bond acceptors (Lipinski definition) is 6. The summed E-state index contributed by atoms with van der Waals surface area (Å²) in [5.74, 6) is -2.70. The Bertz CT molecular complexity index is 971. The van der Waals surface area contributed by atoms with Crippen molar-refractivity contribution in [1.82, 2.24) is 0 Å². The first kappa shape index (κ1) is 20.1. The Morgan fingerprint density at radius 3 is 2.17 bits per heavy atom. The van der Waals surface area contributed by atoms with E-state index >= 15 is 0 Å². The van der Waals surface area contributed by atoms with E-state index in [2.05, 4.69) is 15.4 Å². The van der Waals surface area contributed by atoms with E-state index in [9.17, 15) is 19.2 Å². The average Bonchev–Trinajstić information content (AvgIpc) is 3.54. The zero-order valence-corrected chi connectivity index (χ0v) is 15.9. The van der Waals surface area contributed by atoms with Crippen LogP contribution in [0, 0.1) is 11.8 Å². The van der Waals surface area contributed by atoms with Crippen LogP contribution in [0.2, 0.25) is 0 Å². The lowest BCUT2D eigenvalue weighted by Crippen LogP contribution is -2.21. The van der Waals surface area contributed by atoms with Crippen molar-refractivity contribution >= 4 is 35.1 Å². The molecule has 2 aromatic rings. The van der Waals surface area contributed by atoms with Crippen molar-refractivity contribution in [2.45, 2.75) is 6.42 Å². The molecule has 0 aromatic heterocycles. The Balaban J connectivity index is 1.61. The molecule has 2 aromatic carbocycles. The summed E-state index contributed by atoms with van der Waals surface area (Å²) in [5.41, 5.74) is 1.33.